The Labute approximate surface area is 85.0 Å². The molecule has 0 aromatic heterocycles. The van der Waals surface area contributed by atoms with Crippen molar-refractivity contribution in [3.63, 3.8) is 0 Å². The van der Waals surface area contributed by atoms with Crippen LogP contribution in [0.3, 0.4) is 0 Å². The molecule has 1 saturated carbocycles. The average Bonchev–Trinajstić information content (AvgIpc) is 2.20. The van der Waals surface area contributed by atoms with E-state index in [4.69, 9.17) is 10.5 Å². The first-order chi connectivity index (χ1) is 6.74. The summed E-state index contributed by atoms with van der Waals surface area (Å²) >= 11 is 0. The second-order valence-corrected chi connectivity index (χ2v) is 4.19. The zero-order valence-electron chi connectivity index (χ0n) is 8.54. The van der Waals surface area contributed by atoms with Gasteiger partial charge >= 0.3 is 5.97 Å². The van der Waals surface area contributed by atoms with Crippen LogP contribution in [0.2, 0.25) is 0 Å². The van der Waals surface area contributed by atoms with Crippen LogP contribution >= 0.6 is 0 Å². The molecule has 2 N–H and O–H groups in total. The molecule has 0 radical (unpaired) electrons. The maximum absolute atomic E-state index is 10.7. The van der Waals surface area contributed by atoms with Crippen LogP contribution in [-0.4, -0.2) is 17.3 Å². The highest BCUT2D eigenvalue weighted by Crippen LogP contribution is 2.28. The molecule has 0 amide bonds. The molecule has 0 bridgehead atoms. The van der Waals surface area contributed by atoms with Crippen LogP contribution in [0, 0.1) is 17.2 Å². The van der Waals surface area contributed by atoms with Crippen molar-refractivity contribution in [1.82, 2.24) is 0 Å². The summed E-state index contributed by atoms with van der Waals surface area (Å²) in [4.78, 5) is 10.7. The second kappa shape index (κ2) is 5.78. The standard InChI is InChI=1S/C11H19NO2/c12-8-10(11(13)14)7-6-9-4-2-1-3-5-9/h8-10,12H,1-7H2,(H,13,14). The Balaban J connectivity index is 2.23. The number of hydrogen-bond donors (Lipinski definition) is 2. The van der Waals surface area contributed by atoms with Crippen molar-refractivity contribution in [3.05, 3.63) is 0 Å². The van der Waals surface area contributed by atoms with Gasteiger partial charge in [-0.3, -0.25) is 4.79 Å². The van der Waals surface area contributed by atoms with E-state index in [1.807, 2.05) is 0 Å². The van der Waals surface area contributed by atoms with Crippen molar-refractivity contribution in [1.29, 1.82) is 5.41 Å². The number of rotatable bonds is 5. The first-order valence-corrected chi connectivity index (χ1v) is 5.47. The van der Waals surface area contributed by atoms with E-state index < -0.39 is 11.9 Å². The van der Waals surface area contributed by atoms with Gasteiger partial charge in [0.2, 0.25) is 0 Å². The van der Waals surface area contributed by atoms with Crippen molar-refractivity contribution in [2.24, 2.45) is 11.8 Å². The SMILES string of the molecule is N=CC(CCC1CCCCC1)C(=O)O. The summed E-state index contributed by atoms with van der Waals surface area (Å²) in [6.45, 7) is 0. The number of carboxylic acid groups (broad SMARTS) is 1. The average molecular weight is 197 g/mol. The van der Waals surface area contributed by atoms with Crippen molar-refractivity contribution < 1.29 is 9.90 Å². The largest absolute Gasteiger partial charge is 0.481 e. The Hall–Kier alpha value is -0.860. The maximum atomic E-state index is 10.7. The van der Waals surface area contributed by atoms with E-state index in [-0.39, 0.29) is 0 Å². The van der Waals surface area contributed by atoms with Crippen molar-refractivity contribution in [3.8, 4) is 0 Å². The molecule has 0 aromatic rings. The van der Waals surface area contributed by atoms with Gasteiger partial charge < -0.3 is 10.5 Å². The number of aliphatic carboxylic acids is 1. The van der Waals surface area contributed by atoms with Gasteiger partial charge in [-0.15, -0.1) is 0 Å². The first-order valence-electron chi connectivity index (χ1n) is 5.47. The molecule has 1 atom stereocenters. The van der Waals surface area contributed by atoms with Gasteiger partial charge in [0.1, 0.15) is 0 Å². The summed E-state index contributed by atoms with van der Waals surface area (Å²) in [5, 5.41) is 15.8. The minimum Gasteiger partial charge on any atom is -0.481 e. The fraction of sp³-hybridized carbons (Fsp3) is 0.818. The van der Waals surface area contributed by atoms with Crippen molar-refractivity contribution in [2.75, 3.05) is 0 Å². The highest BCUT2D eigenvalue weighted by molar-refractivity contribution is 5.87. The van der Waals surface area contributed by atoms with Crippen LogP contribution in [0.4, 0.5) is 0 Å². The predicted molar refractivity (Wildman–Crippen MR) is 55.7 cm³/mol. The fourth-order valence-electron chi connectivity index (χ4n) is 2.17. The third-order valence-electron chi connectivity index (χ3n) is 3.13. The molecule has 3 nitrogen and oxygen atoms in total. The van der Waals surface area contributed by atoms with E-state index in [1.54, 1.807) is 0 Å². The molecule has 0 spiro atoms. The van der Waals surface area contributed by atoms with E-state index >= 15 is 0 Å². The van der Waals surface area contributed by atoms with Gasteiger partial charge in [-0.05, 0) is 18.8 Å². The van der Waals surface area contributed by atoms with Crippen LogP contribution in [0.15, 0.2) is 0 Å². The van der Waals surface area contributed by atoms with Crippen molar-refractivity contribution in [2.45, 2.75) is 44.9 Å². The molecule has 1 fully saturated rings. The second-order valence-electron chi connectivity index (χ2n) is 4.19. The highest BCUT2D eigenvalue weighted by Gasteiger charge is 2.18. The van der Waals surface area contributed by atoms with Gasteiger partial charge in [-0.1, -0.05) is 32.1 Å². The smallest absolute Gasteiger partial charge is 0.311 e. The minimum absolute atomic E-state index is 0.558. The summed E-state index contributed by atoms with van der Waals surface area (Å²) in [5.74, 6) is -0.696. The molecule has 0 aliphatic heterocycles. The summed E-state index contributed by atoms with van der Waals surface area (Å²) in [6, 6.07) is 0. The third-order valence-corrected chi connectivity index (χ3v) is 3.13. The quantitative estimate of drug-likeness (QED) is 0.666. The van der Waals surface area contributed by atoms with Gasteiger partial charge in [0.05, 0.1) is 5.92 Å². The lowest BCUT2D eigenvalue weighted by Gasteiger charge is -2.21. The number of nitrogens with one attached hydrogen (secondary N) is 1. The molecule has 1 rings (SSSR count). The Morgan fingerprint density at radius 3 is 2.57 bits per heavy atom. The fourth-order valence-corrected chi connectivity index (χ4v) is 2.17. The van der Waals surface area contributed by atoms with Crippen LogP contribution in [-0.2, 0) is 4.79 Å². The lowest BCUT2D eigenvalue weighted by molar-refractivity contribution is -0.139. The van der Waals surface area contributed by atoms with Gasteiger partial charge in [0.25, 0.3) is 0 Å². The predicted octanol–water partition coefficient (Wildman–Crippen LogP) is 2.70. The molecule has 1 unspecified atom stereocenters. The molecular formula is C11H19NO2. The summed E-state index contributed by atoms with van der Waals surface area (Å²) < 4.78 is 0. The maximum Gasteiger partial charge on any atom is 0.311 e. The molecule has 80 valence electrons. The van der Waals surface area contributed by atoms with E-state index in [1.165, 1.54) is 32.1 Å². The molecular weight excluding hydrogens is 178 g/mol. The van der Waals surface area contributed by atoms with Gasteiger partial charge in [0, 0.05) is 6.21 Å². The van der Waals surface area contributed by atoms with E-state index in [0.717, 1.165) is 12.6 Å². The molecule has 0 saturated heterocycles. The lowest BCUT2D eigenvalue weighted by Crippen LogP contribution is -2.17. The van der Waals surface area contributed by atoms with Crippen LogP contribution in [0.1, 0.15) is 44.9 Å². The van der Waals surface area contributed by atoms with Crippen LogP contribution in [0.5, 0.6) is 0 Å². The third kappa shape index (κ3) is 3.48. The highest BCUT2D eigenvalue weighted by atomic mass is 16.4. The van der Waals surface area contributed by atoms with Gasteiger partial charge in [-0.2, -0.15) is 0 Å². The summed E-state index contributed by atoms with van der Waals surface area (Å²) in [6.07, 6.45) is 9.12. The first kappa shape index (κ1) is 11.2. The number of carbonyl (C=O) groups is 1. The zero-order valence-corrected chi connectivity index (χ0v) is 8.54. The Morgan fingerprint density at radius 1 is 1.43 bits per heavy atom. The number of carboxylic acids is 1. The number of hydrogen-bond acceptors (Lipinski definition) is 2. The Kier molecular flexibility index (Phi) is 4.63. The summed E-state index contributed by atoms with van der Waals surface area (Å²) in [7, 11) is 0. The zero-order chi connectivity index (χ0) is 10.4. The van der Waals surface area contributed by atoms with E-state index in [9.17, 15) is 4.79 Å². The van der Waals surface area contributed by atoms with E-state index in [0.29, 0.717) is 12.3 Å². The molecule has 1 aliphatic carbocycles. The monoisotopic (exact) mass is 197 g/mol. The van der Waals surface area contributed by atoms with Crippen molar-refractivity contribution >= 4 is 12.2 Å². The van der Waals surface area contributed by atoms with Gasteiger partial charge in [-0.25, -0.2) is 0 Å². The van der Waals surface area contributed by atoms with E-state index in [2.05, 4.69) is 0 Å². The molecule has 14 heavy (non-hydrogen) atoms. The van der Waals surface area contributed by atoms with Gasteiger partial charge in [0.15, 0.2) is 0 Å². The molecule has 1 aliphatic rings. The van der Waals surface area contributed by atoms with Crippen LogP contribution < -0.4 is 0 Å². The van der Waals surface area contributed by atoms with Crippen LogP contribution in [0.25, 0.3) is 0 Å². The lowest BCUT2D eigenvalue weighted by atomic mass is 9.84. The topological polar surface area (TPSA) is 61.2 Å². The minimum atomic E-state index is -0.851. The Morgan fingerprint density at radius 2 is 2.07 bits per heavy atom. The normalized spacial score (nSPS) is 20.3. The summed E-state index contributed by atoms with van der Waals surface area (Å²) in [5.41, 5.74) is 0. The molecule has 0 heterocycles. The molecule has 0 aromatic carbocycles. The Bertz CT molecular complexity index is 197. The molecule has 3 heteroatoms.